The summed E-state index contributed by atoms with van der Waals surface area (Å²) in [4.78, 5) is 16.9. The van der Waals surface area contributed by atoms with E-state index in [2.05, 4.69) is 21.6 Å². The highest BCUT2D eigenvalue weighted by Gasteiger charge is 2.27. The molecule has 4 aromatic rings. The van der Waals surface area contributed by atoms with E-state index in [0.29, 0.717) is 0 Å². The molecule has 0 saturated carbocycles. The van der Waals surface area contributed by atoms with E-state index < -0.39 is 0 Å². The van der Waals surface area contributed by atoms with Crippen molar-refractivity contribution in [1.82, 2.24) is 14.9 Å². The zero-order valence-corrected chi connectivity index (χ0v) is 19.7. The Hall–Kier alpha value is -1.64. The van der Waals surface area contributed by atoms with Crippen molar-refractivity contribution in [2.45, 2.75) is 19.8 Å². The van der Waals surface area contributed by atoms with Gasteiger partial charge < -0.3 is 9.80 Å². The zero-order valence-electron chi connectivity index (χ0n) is 16.5. The normalized spacial score (nSPS) is 15.6. The smallest absolute Gasteiger partial charge is 0.188 e. The summed E-state index contributed by atoms with van der Waals surface area (Å²) >= 11 is 15.7. The Morgan fingerprint density at radius 2 is 1.37 bits per heavy atom. The fourth-order valence-electron chi connectivity index (χ4n) is 3.63. The first-order valence-corrected chi connectivity index (χ1v) is 12.3. The Morgan fingerprint density at radius 1 is 0.833 bits per heavy atom. The summed E-state index contributed by atoms with van der Waals surface area (Å²) in [5.74, 6) is 0. The van der Waals surface area contributed by atoms with Gasteiger partial charge in [0.05, 0.1) is 40.4 Å². The molecule has 5 nitrogen and oxygen atoms in total. The monoisotopic (exact) mass is 477 g/mol. The topological polar surface area (TPSA) is 35.5 Å². The summed E-state index contributed by atoms with van der Waals surface area (Å²) in [6.07, 6.45) is 2.35. The second kappa shape index (κ2) is 8.48. The first kappa shape index (κ1) is 20.3. The minimum Gasteiger partial charge on any atom is -0.317 e. The molecule has 0 amide bonds. The van der Waals surface area contributed by atoms with Gasteiger partial charge in [-0.25, -0.2) is 9.97 Å². The maximum absolute atomic E-state index is 6.18. The molecule has 156 valence electrons. The number of anilines is 2. The molecule has 3 heterocycles. The van der Waals surface area contributed by atoms with Crippen LogP contribution < -0.4 is 9.80 Å². The summed E-state index contributed by atoms with van der Waals surface area (Å²) in [6.45, 7) is 5.76. The number of halogens is 2. The number of thiazole rings is 2. The summed E-state index contributed by atoms with van der Waals surface area (Å²) in [7, 11) is 0. The molecule has 1 aliphatic rings. The first-order valence-electron chi connectivity index (χ1n) is 9.93. The van der Waals surface area contributed by atoms with Crippen LogP contribution in [0.2, 0.25) is 10.0 Å². The van der Waals surface area contributed by atoms with Crippen LogP contribution in [0.15, 0.2) is 36.4 Å². The van der Waals surface area contributed by atoms with Gasteiger partial charge >= 0.3 is 0 Å². The molecule has 0 atom stereocenters. The van der Waals surface area contributed by atoms with Crippen LogP contribution in [0, 0.1) is 0 Å². The average molecular weight is 478 g/mol. The number of rotatable bonds is 5. The van der Waals surface area contributed by atoms with Crippen molar-refractivity contribution in [2.24, 2.45) is 0 Å². The molecule has 1 fully saturated rings. The summed E-state index contributed by atoms with van der Waals surface area (Å²) in [5, 5.41) is 3.52. The molecule has 0 spiro atoms. The number of hydrogen-bond acceptors (Lipinski definition) is 7. The summed E-state index contributed by atoms with van der Waals surface area (Å²) in [5.41, 5.74) is 1.98. The largest absolute Gasteiger partial charge is 0.317 e. The number of nitrogens with zero attached hydrogens (tertiary/aromatic N) is 5. The van der Waals surface area contributed by atoms with E-state index in [4.69, 9.17) is 33.2 Å². The van der Waals surface area contributed by atoms with Crippen LogP contribution in [-0.2, 0) is 0 Å². The summed E-state index contributed by atoms with van der Waals surface area (Å²) in [6, 6.07) is 11.8. The number of benzene rings is 2. The lowest BCUT2D eigenvalue weighted by Gasteiger charge is -2.42. The highest BCUT2D eigenvalue weighted by atomic mass is 35.5. The Balaban J connectivity index is 1.47. The number of unbranched alkanes of at least 4 members (excludes halogenated alkanes) is 1. The van der Waals surface area contributed by atoms with Crippen LogP contribution >= 0.6 is 45.9 Å². The average Bonchev–Trinajstić information content (AvgIpc) is 3.35. The second-order valence-electron chi connectivity index (χ2n) is 7.47. The lowest BCUT2D eigenvalue weighted by Crippen LogP contribution is -2.55. The van der Waals surface area contributed by atoms with E-state index in [1.165, 1.54) is 12.8 Å². The predicted octanol–water partition coefficient (Wildman–Crippen LogP) is 6.51. The zero-order chi connectivity index (χ0) is 20.7. The van der Waals surface area contributed by atoms with Gasteiger partial charge in [-0.05, 0) is 42.8 Å². The van der Waals surface area contributed by atoms with Crippen molar-refractivity contribution < 1.29 is 0 Å². The molecule has 1 aliphatic heterocycles. The van der Waals surface area contributed by atoms with E-state index in [9.17, 15) is 0 Å². The molecular weight excluding hydrogens is 457 g/mol. The Labute approximate surface area is 193 Å². The molecular formula is C21H21Cl2N5S2. The van der Waals surface area contributed by atoms with Crippen molar-refractivity contribution in [1.29, 1.82) is 0 Å². The van der Waals surface area contributed by atoms with Gasteiger partial charge in [0, 0.05) is 16.6 Å². The van der Waals surface area contributed by atoms with Crippen LogP contribution in [0.5, 0.6) is 0 Å². The van der Waals surface area contributed by atoms with Gasteiger partial charge in [-0.2, -0.15) is 0 Å². The van der Waals surface area contributed by atoms with Crippen molar-refractivity contribution >= 4 is 76.6 Å². The first-order chi connectivity index (χ1) is 14.6. The SMILES string of the molecule is CCCCN1CN(c2nc3ccc(Cl)cc3s2)CN(c2nc3ccc(Cl)cc3s2)C1. The van der Waals surface area contributed by atoms with Crippen LogP contribution in [0.25, 0.3) is 20.4 Å². The van der Waals surface area contributed by atoms with Crippen LogP contribution in [0.4, 0.5) is 10.3 Å². The van der Waals surface area contributed by atoms with Crippen molar-refractivity contribution in [3.63, 3.8) is 0 Å². The number of aromatic nitrogens is 2. The quantitative estimate of drug-likeness (QED) is 0.327. The highest BCUT2D eigenvalue weighted by Crippen LogP contribution is 2.35. The number of hydrogen-bond donors (Lipinski definition) is 0. The van der Waals surface area contributed by atoms with E-state index in [1.54, 1.807) is 22.7 Å². The minimum atomic E-state index is 0.746. The minimum absolute atomic E-state index is 0.746. The van der Waals surface area contributed by atoms with Gasteiger partial charge in [-0.3, -0.25) is 4.90 Å². The molecule has 0 unspecified atom stereocenters. The molecule has 2 aromatic carbocycles. The standard InChI is InChI=1S/C21H21Cl2N5S2/c1-2-3-8-26-11-27(20-24-16-6-4-14(22)9-18(16)29-20)13-28(12-26)21-25-17-7-5-15(23)10-19(17)30-21/h4-7,9-10H,2-3,8,11-13H2,1H3. The van der Waals surface area contributed by atoms with Crippen molar-refractivity contribution in [3.05, 3.63) is 46.4 Å². The maximum atomic E-state index is 6.18. The van der Waals surface area contributed by atoms with Crippen LogP contribution in [-0.4, -0.2) is 41.4 Å². The van der Waals surface area contributed by atoms with Crippen molar-refractivity contribution in [3.8, 4) is 0 Å². The van der Waals surface area contributed by atoms with Gasteiger partial charge in [0.25, 0.3) is 0 Å². The molecule has 2 aromatic heterocycles. The van der Waals surface area contributed by atoms with Crippen LogP contribution in [0.3, 0.4) is 0 Å². The van der Waals surface area contributed by atoms with E-state index in [0.717, 1.165) is 67.3 Å². The third-order valence-electron chi connectivity index (χ3n) is 5.13. The van der Waals surface area contributed by atoms with Gasteiger partial charge in [0.1, 0.15) is 0 Å². The number of fused-ring (bicyclic) bond motifs is 2. The second-order valence-corrected chi connectivity index (χ2v) is 10.4. The van der Waals surface area contributed by atoms with E-state index >= 15 is 0 Å². The summed E-state index contributed by atoms with van der Waals surface area (Å²) < 4.78 is 2.23. The molecule has 0 bridgehead atoms. The fraction of sp³-hybridized carbons (Fsp3) is 0.333. The lowest BCUT2D eigenvalue weighted by molar-refractivity contribution is 0.238. The Kier molecular flexibility index (Phi) is 5.73. The van der Waals surface area contributed by atoms with Crippen LogP contribution in [0.1, 0.15) is 19.8 Å². The molecule has 5 rings (SSSR count). The third kappa shape index (κ3) is 4.09. The predicted molar refractivity (Wildman–Crippen MR) is 130 cm³/mol. The van der Waals surface area contributed by atoms with E-state index in [1.807, 2.05) is 36.4 Å². The molecule has 0 aliphatic carbocycles. The Bertz CT molecular complexity index is 1100. The Morgan fingerprint density at radius 3 is 1.87 bits per heavy atom. The van der Waals surface area contributed by atoms with Crippen molar-refractivity contribution in [2.75, 3.05) is 36.4 Å². The van der Waals surface area contributed by atoms with Gasteiger partial charge in [0.15, 0.2) is 10.3 Å². The molecule has 30 heavy (non-hydrogen) atoms. The van der Waals surface area contributed by atoms with E-state index in [-0.39, 0.29) is 0 Å². The molecule has 0 N–H and O–H groups in total. The highest BCUT2D eigenvalue weighted by molar-refractivity contribution is 7.22. The lowest BCUT2D eigenvalue weighted by atomic mass is 10.3. The molecule has 0 radical (unpaired) electrons. The molecule has 9 heteroatoms. The maximum Gasteiger partial charge on any atom is 0.188 e. The van der Waals surface area contributed by atoms with Gasteiger partial charge in [-0.15, -0.1) is 0 Å². The fourth-order valence-corrected chi connectivity index (χ4v) is 6.08. The third-order valence-corrected chi connectivity index (χ3v) is 7.76. The molecule has 1 saturated heterocycles. The van der Waals surface area contributed by atoms with Gasteiger partial charge in [-0.1, -0.05) is 59.2 Å². The van der Waals surface area contributed by atoms with Gasteiger partial charge in [0.2, 0.25) is 0 Å².